The maximum Gasteiger partial charge on any atom is 0.269 e. The summed E-state index contributed by atoms with van der Waals surface area (Å²) in [6.45, 7) is -0.146. The first-order valence-electron chi connectivity index (χ1n) is 12.3. The molecular weight excluding hydrogens is 621 g/mol. The van der Waals surface area contributed by atoms with Gasteiger partial charge in [0, 0.05) is 37.1 Å². The average Bonchev–Trinajstić information content (AvgIpc) is 3.45. The zero-order chi connectivity index (χ0) is 30.2. The fourth-order valence-corrected chi connectivity index (χ4v) is 6.36. The van der Waals surface area contributed by atoms with Crippen LogP contribution < -0.4 is 21.7 Å². The lowest BCUT2D eigenvalue weighted by Gasteiger charge is -2.15. The first kappa shape index (κ1) is 30.8. The fourth-order valence-electron chi connectivity index (χ4n) is 3.58. The second-order valence-electron chi connectivity index (χ2n) is 8.54. The number of amides is 6. The molecule has 0 aromatic heterocycles. The summed E-state index contributed by atoms with van der Waals surface area (Å²) in [4.78, 5) is 77.4. The van der Waals surface area contributed by atoms with Crippen molar-refractivity contribution >= 4 is 92.0 Å². The zero-order valence-electron chi connectivity index (χ0n) is 21.6. The van der Waals surface area contributed by atoms with Crippen molar-refractivity contribution < 1.29 is 28.8 Å². The Hall–Kier alpha value is -4.12. The minimum Gasteiger partial charge on any atom is -0.292 e. The van der Waals surface area contributed by atoms with Gasteiger partial charge in [0.15, 0.2) is 0 Å². The third-order valence-corrected chi connectivity index (χ3v) is 8.76. The van der Waals surface area contributed by atoms with Crippen molar-refractivity contribution in [1.29, 1.82) is 0 Å². The molecule has 0 unspecified atom stereocenters. The van der Waals surface area contributed by atoms with Crippen molar-refractivity contribution in [2.45, 2.75) is 12.8 Å². The van der Waals surface area contributed by atoms with Gasteiger partial charge in [-0.1, -0.05) is 84.4 Å². The molecule has 0 aliphatic carbocycles. The molecule has 4 N–H and O–H groups in total. The zero-order valence-corrected chi connectivity index (χ0v) is 24.8. The Morgan fingerprint density at radius 3 is 1.31 bits per heavy atom. The van der Waals surface area contributed by atoms with Gasteiger partial charge >= 0.3 is 0 Å². The van der Waals surface area contributed by atoms with Crippen LogP contribution in [0.25, 0.3) is 0 Å². The van der Waals surface area contributed by atoms with E-state index in [1.165, 1.54) is 9.80 Å². The lowest BCUT2D eigenvalue weighted by atomic mass is 10.2. The normalized spacial score (nSPS) is 16.5. The monoisotopic (exact) mass is 642 g/mol. The molecule has 2 aromatic carbocycles. The number of carbonyl (C=O) groups is 6. The summed E-state index contributed by atoms with van der Waals surface area (Å²) >= 11 is 12.4. The number of nitrogens with one attached hydrogen (secondary N) is 4. The topological polar surface area (TPSA) is 157 Å². The lowest BCUT2D eigenvalue weighted by molar-refractivity contribution is -0.126. The Morgan fingerprint density at radius 1 is 0.595 bits per heavy atom. The Bertz CT molecular complexity index is 1390. The van der Waals surface area contributed by atoms with E-state index in [0.717, 1.165) is 23.5 Å². The number of rotatable bonds is 8. The van der Waals surface area contributed by atoms with E-state index in [2.05, 4.69) is 21.7 Å². The molecule has 12 nitrogen and oxygen atoms in total. The Balaban J connectivity index is 1.27. The van der Waals surface area contributed by atoms with Crippen molar-refractivity contribution in [3.8, 4) is 0 Å². The number of thiocarbonyl (C=S) groups is 2. The van der Waals surface area contributed by atoms with Crippen LogP contribution in [0.5, 0.6) is 0 Å². The number of benzene rings is 2. The van der Waals surface area contributed by atoms with Crippen molar-refractivity contribution in [2.24, 2.45) is 0 Å². The molecule has 0 spiro atoms. The summed E-state index contributed by atoms with van der Waals surface area (Å²) in [5, 5.41) is 0. The Kier molecular flexibility index (Phi) is 10.4. The smallest absolute Gasteiger partial charge is 0.269 e. The molecule has 16 heteroatoms. The van der Waals surface area contributed by atoms with Gasteiger partial charge in [0.1, 0.15) is 8.64 Å². The minimum absolute atomic E-state index is 0.0730. The van der Waals surface area contributed by atoms with Gasteiger partial charge in [-0.15, -0.1) is 0 Å². The number of carbonyl (C=O) groups excluding carboxylic acids is 6. The molecule has 0 bridgehead atoms. The molecule has 0 radical (unpaired) electrons. The quantitative estimate of drug-likeness (QED) is 0.190. The summed E-state index contributed by atoms with van der Waals surface area (Å²) in [5.74, 6) is -3.17. The van der Waals surface area contributed by atoms with E-state index in [4.69, 9.17) is 24.4 Å². The number of nitrogens with zero attached hydrogens (tertiary/aromatic N) is 2. The largest absolute Gasteiger partial charge is 0.292 e. The van der Waals surface area contributed by atoms with Gasteiger partial charge in [-0.25, -0.2) is 0 Å². The molecule has 2 aliphatic heterocycles. The van der Waals surface area contributed by atoms with E-state index < -0.39 is 35.4 Å². The molecule has 4 rings (SSSR count). The van der Waals surface area contributed by atoms with Gasteiger partial charge < -0.3 is 0 Å². The molecule has 2 saturated heterocycles. The summed E-state index contributed by atoms with van der Waals surface area (Å²) in [5.41, 5.74) is 9.91. The summed E-state index contributed by atoms with van der Waals surface area (Å²) in [6, 6.07) is 16.6. The molecule has 216 valence electrons. The maximum atomic E-state index is 13.1. The molecule has 2 aliphatic rings. The van der Waals surface area contributed by atoms with E-state index in [1.54, 1.807) is 60.7 Å². The van der Waals surface area contributed by atoms with Crippen molar-refractivity contribution in [1.82, 2.24) is 31.5 Å². The van der Waals surface area contributed by atoms with Crippen LogP contribution in [0, 0.1) is 0 Å². The van der Waals surface area contributed by atoms with E-state index in [-0.39, 0.29) is 44.4 Å². The SMILES string of the molecule is O=C(CCN1C(=O)C(=C2SC(=S)N(CCC(=O)NNC(=O)c3ccccc3)C2=O)SC1=S)NNC(=O)c1ccccc1. The van der Waals surface area contributed by atoms with Crippen molar-refractivity contribution in [3.05, 3.63) is 81.6 Å². The van der Waals surface area contributed by atoms with Gasteiger partial charge in [-0.3, -0.25) is 60.3 Å². The predicted molar refractivity (Wildman–Crippen MR) is 164 cm³/mol. The van der Waals surface area contributed by atoms with Crippen molar-refractivity contribution in [3.63, 3.8) is 0 Å². The van der Waals surface area contributed by atoms with Gasteiger partial charge in [-0.05, 0) is 24.3 Å². The number of hydrogen-bond donors (Lipinski definition) is 4. The summed E-state index contributed by atoms with van der Waals surface area (Å²) in [7, 11) is 0. The first-order valence-corrected chi connectivity index (χ1v) is 14.7. The molecule has 2 fully saturated rings. The number of hydrogen-bond acceptors (Lipinski definition) is 10. The first-order chi connectivity index (χ1) is 20.2. The highest BCUT2D eigenvalue weighted by molar-refractivity contribution is 8.29. The number of hydrazine groups is 2. The van der Waals surface area contributed by atoms with Gasteiger partial charge in [-0.2, -0.15) is 0 Å². The maximum absolute atomic E-state index is 13.1. The summed E-state index contributed by atoms with van der Waals surface area (Å²) < 4.78 is 0.324. The van der Waals surface area contributed by atoms with Gasteiger partial charge in [0.05, 0.1) is 9.81 Å². The molecule has 6 amide bonds. The van der Waals surface area contributed by atoms with Crippen molar-refractivity contribution in [2.75, 3.05) is 13.1 Å². The van der Waals surface area contributed by atoms with E-state index in [1.807, 2.05) is 0 Å². The van der Waals surface area contributed by atoms with Crippen LogP contribution in [0.4, 0.5) is 0 Å². The van der Waals surface area contributed by atoms with Crippen LogP contribution in [0.15, 0.2) is 70.5 Å². The second kappa shape index (κ2) is 14.2. The molecule has 2 heterocycles. The standard InChI is InChI=1S/C26H22N6O6S4/c33-17(27-29-21(35)15-7-3-1-4-8-15)11-13-31-23(37)19(41-25(31)39)20-24(38)32(26(40)42-20)14-12-18(34)28-30-22(36)16-9-5-2-6-10-16/h1-10H,11-14H2,(H,27,33)(H,28,34)(H,29,35)(H,30,36). The fraction of sp³-hybridized carbons (Fsp3) is 0.154. The van der Waals surface area contributed by atoms with Gasteiger partial charge in [0.25, 0.3) is 23.6 Å². The van der Waals surface area contributed by atoms with E-state index in [9.17, 15) is 28.8 Å². The summed E-state index contributed by atoms with van der Waals surface area (Å²) in [6.07, 6.45) is -0.322. The Morgan fingerprint density at radius 2 is 0.952 bits per heavy atom. The highest BCUT2D eigenvalue weighted by atomic mass is 32.2. The van der Waals surface area contributed by atoms with E-state index in [0.29, 0.717) is 11.1 Å². The highest BCUT2D eigenvalue weighted by Crippen LogP contribution is 2.42. The van der Waals surface area contributed by atoms with Crippen LogP contribution in [0.2, 0.25) is 0 Å². The molecule has 0 saturated carbocycles. The average molecular weight is 643 g/mol. The molecule has 2 aromatic rings. The number of thioether (sulfide) groups is 2. The lowest BCUT2D eigenvalue weighted by Crippen LogP contribution is -2.43. The third-order valence-electron chi connectivity index (χ3n) is 5.73. The van der Waals surface area contributed by atoms with Crippen LogP contribution in [-0.4, -0.2) is 67.0 Å². The predicted octanol–water partition coefficient (Wildman–Crippen LogP) is 1.62. The second-order valence-corrected chi connectivity index (χ2v) is 11.8. The molecule has 0 atom stereocenters. The van der Waals surface area contributed by atoms with Crippen LogP contribution in [-0.2, 0) is 19.2 Å². The minimum atomic E-state index is -0.548. The van der Waals surface area contributed by atoms with Gasteiger partial charge in [0.2, 0.25) is 11.8 Å². The van der Waals surface area contributed by atoms with E-state index >= 15 is 0 Å². The third kappa shape index (κ3) is 7.58. The van der Waals surface area contributed by atoms with Crippen LogP contribution in [0.3, 0.4) is 0 Å². The highest BCUT2D eigenvalue weighted by Gasteiger charge is 2.42. The molecule has 42 heavy (non-hydrogen) atoms. The Labute approximate surface area is 258 Å². The van der Waals surface area contributed by atoms with Crippen LogP contribution >= 0.6 is 48.0 Å². The van der Waals surface area contributed by atoms with Crippen LogP contribution in [0.1, 0.15) is 33.6 Å². The molecular formula is C26H22N6O6S4.